The molecule has 24 heavy (non-hydrogen) atoms. The summed E-state index contributed by atoms with van der Waals surface area (Å²) in [6.07, 6.45) is 6.87. The van der Waals surface area contributed by atoms with Crippen LogP contribution < -0.4 is 0 Å². The maximum Gasteiger partial charge on any atom is 0.355 e. The van der Waals surface area contributed by atoms with Gasteiger partial charge in [-0.2, -0.15) is 0 Å². The molecule has 0 bridgehead atoms. The van der Waals surface area contributed by atoms with Crippen LogP contribution in [0.1, 0.15) is 66.3 Å². The van der Waals surface area contributed by atoms with Gasteiger partial charge in [0.2, 0.25) is 0 Å². The normalized spacial score (nSPS) is 9.79. The summed E-state index contributed by atoms with van der Waals surface area (Å²) in [7, 11) is 0. The second-order valence-corrected chi connectivity index (χ2v) is 5.60. The maximum absolute atomic E-state index is 10.7. The van der Waals surface area contributed by atoms with Crippen molar-refractivity contribution >= 4 is 41.1 Å². The lowest BCUT2D eigenvalue weighted by molar-refractivity contribution is -0.137. The summed E-state index contributed by atoms with van der Waals surface area (Å²) in [4.78, 5) is 34.6. The predicted molar refractivity (Wildman–Crippen MR) is 89.2 cm³/mol. The number of hydrogen-bond donors (Lipinski definition) is 3. The summed E-state index contributed by atoms with van der Waals surface area (Å²) in [5.41, 5.74) is -1.24. The van der Waals surface area contributed by atoms with Crippen molar-refractivity contribution in [3.8, 4) is 0 Å². The van der Waals surface area contributed by atoms with E-state index in [0.29, 0.717) is 6.42 Å². The van der Waals surface area contributed by atoms with E-state index in [2.05, 4.69) is 11.9 Å². The number of aliphatic carboxylic acids is 1. The first kappa shape index (κ1) is 22.1. The average Bonchev–Trinajstić information content (AvgIpc) is 2.49. The van der Waals surface area contributed by atoms with Gasteiger partial charge in [-0.15, -0.1) is 0 Å². The molecule has 1 aromatic rings. The maximum atomic E-state index is 10.7. The molecule has 1 aromatic heterocycles. The number of carbonyl (C=O) groups is 3. The quantitative estimate of drug-likeness (QED) is 0.577. The number of unbranched alkanes of at least 4 members (excludes halogenated alkanes) is 4. The minimum Gasteiger partial charge on any atom is -0.481 e. The van der Waals surface area contributed by atoms with Gasteiger partial charge in [0.05, 0.1) is 10.0 Å². The molecule has 0 atom stereocenters. The van der Waals surface area contributed by atoms with E-state index >= 15 is 0 Å². The molecule has 9 heteroatoms. The summed E-state index contributed by atoms with van der Waals surface area (Å²) in [6.45, 7) is 2.15. The van der Waals surface area contributed by atoms with Crippen LogP contribution in [0.3, 0.4) is 0 Å². The monoisotopic (exact) mass is 379 g/mol. The SMILES string of the molecule is CCCCCCCC(=O)O.O=C(O)c1ncc(Cl)c(Cl)c1C(=O)O. The number of aromatic carboxylic acids is 2. The van der Waals surface area contributed by atoms with Gasteiger partial charge in [-0.1, -0.05) is 55.8 Å². The summed E-state index contributed by atoms with van der Waals surface area (Å²) >= 11 is 11.0. The summed E-state index contributed by atoms with van der Waals surface area (Å²) in [5.74, 6) is -3.63. The first-order valence-electron chi connectivity index (χ1n) is 7.24. The second kappa shape index (κ2) is 11.6. The molecule has 0 unspecified atom stereocenters. The predicted octanol–water partition coefficient (Wildman–Crippen LogP) is 4.22. The Balaban J connectivity index is 0.000000470. The number of aromatic nitrogens is 1. The molecule has 0 fully saturated rings. The first-order chi connectivity index (χ1) is 11.2. The highest BCUT2D eigenvalue weighted by atomic mass is 35.5. The molecule has 0 saturated heterocycles. The third kappa shape index (κ3) is 8.12. The molecule has 0 spiro atoms. The lowest BCUT2D eigenvalue weighted by atomic mass is 10.1. The molecule has 0 aliphatic carbocycles. The van der Waals surface area contributed by atoms with Crippen LogP contribution in [0.2, 0.25) is 10.0 Å². The van der Waals surface area contributed by atoms with Gasteiger partial charge < -0.3 is 15.3 Å². The van der Waals surface area contributed by atoms with Gasteiger partial charge in [0.25, 0.3) is 0 Å². The van der Waals surface area contributed by atoms with Crippen molar-refractivity contribution in [1.29, 1.82) is 0 Å². The highest BCUT2D eigenvalue weighted by molar-refractivity contribution is 6.44. The Morgan fingerprint density at radius 3 is 2.04 bits per heavy atom. The summed E-state index contributed by atoms with van der Waals surface area (Å²) < 4.78 is 0. The van der Waals surface area contributed by atoms with Crippen molar-refractivity contribution in [2.75, 3.05) is 0 Å². The van der Waals surface area contributed by atoms with Gasteiger partial charge in [-0.05, 0) is 6.42 Å². The van der Waals surface area contributed by atoms with Crippen LogP contribution >= 0.6 is 23.2 Å². The molecular weight excluding hydrogens is 361 g/mol. The molecule has 134 valence electrons. The first-order valence-corrected chi connectivity index (χ1v) is 8.00. The van der Waals surface area contributed by atoms with Gasteiger partial charge >= 0.3 is 17.9 Å². The van der Waals surface area contributed by atoms with Gasteiger partial charge in [-0.3, -0.25) is 4.79 Å². The molecule has 1 rings (SSSR count). The Labute approximate surface area is 149 Å². The Morgan fingerprint density at radius 1 is 1.00 bits per heavy atom. The number of pyridine rings is 1. The Hall–Kier alpha value is -1.86. The Kier molecular flexibility index (Phi) is 10.7. The van der Waals surface area contributed by atoms with Crippen LogP contribution in [0.25, 0.3) is 0 Å². The molecular formula is C15H19Cl2NO6. The minimum absolute atomic E-state index is 0.103. The highest BCUT2D eigenvalue weighted by Crippen LogP contribution is 2.26. The minimum atomic E-state index is -1.48. The van der Waals surface area contributed by atoms with Crippen molar-refractivity contribution in [2.45, 2.75) is 45.4 Å². The van der Waals surface area contributed by atoms with E-state index in [9.17, 15) is 14.4 Å². The average molecular weight is 380 g/mol. The van der Waals surface area contributed by atoms with Crippen LogP contribution in [0, 0.1) is 0 Å². The second-order valence-electron chi connectivity index (χ2n) is 4.81. The van der Waals surface area contributed by atoms with Crippen molar-refractivity contribution in [1.82, 2.24) is 4.98 Å². The fraction of sp³-hybridized carbons (Fsp3) is 0.467. The Morgan fingerprint density at radius 2 is 1.58 bits per heavy atom. The number of hydrogen-bond acceptors (Lipinski definition) is 4. The number of halogens is 2. The number of rotatable bonds is 8. The lowest BCUT2D eigenvalue weighted by Crippen LogP contribution is -2.11. The van der Waals surface area contributed by atoms with Crippen LogP contribution in [-0.4, -0.2) is 38.2 Å². The number of carboxylic acid groups (broad SMARTS) is 3. The molecule has 0 amide bonds. The van der Waals surface area contributed by atoms with E-state index in [0.717, 1.165) is 19.0 Å². The smallest absolute Gasteiger partial charge is 0.355 e. The number of carboxylic acids is 3. The largest absolute Gasteiger partial charge is 0.481 e. The van der Waals surface area contributed by atoms with Crippen LogP contribution in [0.15, 0.2) is 6.20 Å². The fourth-order valence-electron chi connectivity index (χ4n) is 1.70. The van der Waals surface area contributed by atoms with E-state index in [-0.39, 0.29) is 10.0 Å². The van der Waals surface area contributed by atoms with E-state index in [1.807, 2.05) is 0 Å². The molecule has 0 radical (unpaired) electrons. The Bertz CT molecular complexity index is 592. The number of nitrogens with zero attached hydrogens (tertiary/aromatic N) is 1. The third-order valence-electron chi connectivity index (χ3n) is 2.88. The lowest BCUT2D eigenvalue weighted by Gasteiger charge is -2.03. The molecule has 7 nitrogen and oxygen atoms in total. The zero-order valence-electron chi connectivity index (χ0n) is 13.1. The summed E-state index contributed by atoms with van der Waals surface area (Å²) in [5, 5.41) is 25.1. The molecule has 3 N–H and O–H groups in total. The van der Waals surface area contributed by atoms with Crippen molar-refractivity contribution in [3.63, 3.8) is 0 Å². The molecule has 1 heterocycles. The molecule has 0 saturated carbocycles. The van der Waals surface area contributed by atoms with Crippen molar-refractivity contribution in [2.24, 2.45) is 0 Å². The van der Waals surface area contributed by atoms with E-state index in [1.165, 1.54) is 19.3 Å². The van der Waals surface area contributed by atoms with Crippen LogP contribution in [0.5, 0.6) is 0 Å². The standard InChI is InChI=1S/C8H16O2.C7H3Cl2NO4/c1-2-3-4-5-6-7-8(9)10;8-2-1-10-5(7(13)14)3(4(2)9)6(11)12/h2-7H2,1H3,(H,9,10);1H,(H,11,12)(H,13,14). The molecule has 0 aliphatic heterocycles. The van der Waals surface area contributed by atoms with Crippen LogP contribution in [-0.2, 0) is 4.79 Å². The van der Waals surface area contributed by atoms with Gasteiger partial charge in [-0.25, -0.2) is 14.6 Å². The van der Waals surface area contributed by atoms with Crippen LogP contribution in [0.4, 0.5) is 0 Å². The zero-order chi connectivity index (χ0) is 18.7. The topological polar surface area (TPSA) is 125 Å². The van der Waals surface area contributed by atoms with Crippen molar-refractivity contribution in [3.05, 3.63) is 27.5 Å². The van der Waals surface area contributed by atoms with Crippen molar-refractivity contribution < 1.29 is 29.7 Å². The highest BCUT2D eigenvalue weighted by Gasteiger charge is 2.22. The molecule has 0 aliphatic rings. The summed E-state index contributed by atoms with van der Waals surface area (Å²) in [6, 6.07) is 0. The van der Waals surface area contributed by atoms with Gasteiger partial charge in [0.1, 0.15) is 5.56 Å². The molecule has 0 aromatic carbocycles. The van der Waals surface area contributed by atoms with E-state index < -0.39 is 29.2 Å². The zero-order valence-corrected chi connectivity index (χ0v) is 14.6. The third-order valence-corrected chi connectivity index (χ3v) is 3.66. The van der Waals surface area contributed by atoms with E-state index in [4.69, 9.17) is 38.5 Å². The van der Waals surface area contributed by atoms with E-state index in [1.54, 1.807) is 0 Å². The van der Waals surface area contributed by atoms with Gasteiger partial charge in [0, 0.05) is 12.6 Å². The fourth-order valence-corrected chi connectivity index (χ4v) is 2.07. The van der Waals surface area contributed by atoms with Gasteiger partial charge in [0.15, 0.2) is 5.69 Å².